The van der Waals surface area contributed by atoms with Crippen molar-refractivity contribution in [3.63, 3.8) is 0 Å². The molecule has 0 fully saturated rings. The maximum Gasteiger partial charge on any atom is 0.212 e. The highest BCUT2D eigenvalue weighted by Gasteiger charge is 2.14. The van der Waals surface area contributed by atoms with Gasteiger partial charge in [-0.1, -0.05) is 12.1 Å². The van der Waals surface area contributed by atoms with E-state index in [0.717, 1.165) is 0 Å². The molecule has 0 aliphatic carbocycles. The van der Waals surface area contributed by atoms with Crippen molar-refractivity contribution in [2.75, 3.05) is 5.84 Å². The molecule has 19 heavy (non-hydrogen) atoms. The van der Waals surface area contributed by atoms with Crippen molar-refractivity contribution < 1.29 is 9.18 Å². The van der Waals surface area contributed by atoms with Crippen LogP contribution in [0.3, 0.4) is 0 Å². The standard InChI is InChI=1S/C14H10FN3O/c15-11-4-1-3-9-7-10(8-17-13(9)11)14(19)12-5-2-6-18(12)16/h1-8H,16H2. The number of nitrogen functional groups attached to an aromatic ring is 1. The van der Waals surface area contributed by atoms with Crippen LogP contribution in [0.2, 0.25) is 0 Å². The summed E-state index contributed by atoms with van der Waals surface area (Å²) in [5.41, 5.74) is 0.989. The van der Waals surface area contributed by atoms with Crippen LogP contribution in [0.4, 0.5) is 4.39 Å². The summed E-state index contributed by atoms with van der Waals surface area (Å²) in [4.78, 5) is 16.2. The third-order valence-electron chi connectivity index (χ3n) is 2.94. The van der Waals surface area contributed by atoms with Crippen LogP contribution in [0.25, 0.3) is 10.9 Å². The van der Waals surface area contributed by atoms with Gasteiger partial charge in [0.05, 0.1) is 0 Å². The highest BCUT2D eigenvalue weighted by atomic mass is 19.1. The van der Waals surface area contributed by atoms with Crippen LogP contribution >= 0.6 is 0 Å². The Morgan fingerprint density at radius 1 is 1.26 bits per heavy atom. The lowest BCUT2D eigenvalue weighted by Gasteiger charge is -2.04. The third kappa shape index (κ3) is 1.85. The smallest absolute Gasteiger partial charge is 0.212 e. The highest BCUT2D eigenvalue weighted by Crippen LogP contribution is 2.18. The first kappa shape index (κ1) is 11.4. The molecule has 0 amide bonds. The molecule has 0 bridgehead atoms. The normalized spacial score (nSPS) is 10.8. The Morgan fingerprint density at radius 2 is 2.11 bits per heavy atom. The number of nitrogens with two attached hydrogens (primary N) is 1. The molecule has 0 saturated carbocycles. The van der Waals surface area contributed by atoms with Gasteiger partial charge < -0.3 is 5.84 Å². The number of ketones is 1. The Morgan fingerprint density at radius 3 is 2.84 bits per heavy atom. The van der Waals surface area contributed by atoms with Crippen LogP contribution in [0.15, 0.2) is 48.8 Å². The van der Waals surface area contributed by atoms with Gasteiger partial charge in [0.2, 0.25) is 5.78 Å². The number of hydrogen-bond donors (Lipinski definition) is 1. The fourth-order valence-electron chi connectivity index (χ4n) is 1.98. The molecule has 3 rings (SSSR count). The minimum absolute atomic E-state index is 0.244. The zero-order valence-corrected chi connectivity index (χ0v) is 9.88. The molecule has 0 unspecified atom stereocenters. The Balaban J connectivity index is 2.12. The van der Waals surface area contributed by atoms with E-state index in [2.05, 4.69) is 4.98 Å². The number of para-hydroxylation sites is 1. The SMILES string of the molecule is Nn1cccc1C(=O)c1cnc2c(F)cccc2c1. The first-order valence-corrected chi connectivity index (χ1v) is 5.68. The van der Waals surface area contributed by atoms with Crippen LogP contribution in [-0.4, -0.2) is 15.4 Å². The minimum Gasteiger partial charge on any atom is -0.339 e. The number of hydrogen-bond acceptors (Lipinski definition) is 3. The minimum atomic E-state index is -0.404. The van der Waals surface area contributed by atoms with Crippen molar-refractivity contribution in [2.45, 2.75) is 0 Å². The topological polar surface area (TPSA) is 60.9 Å². The number of halogens is 1. The van der Waals surface area contributed by atoms with Gasteiger partial charge in [0, 0.05) is 23.3 Å². The van der Waals surface area contributed by atoms with E-state index in [4.69, 9.17) is 5.84 Å². The summed E-state index contributed by atoms with van der Waals surface area (Å²) in [6.07, 6.45) is 2.95. The van der Waals surface area contributed by atoms with E-state index in [0.29, 0.717) is 16.6 Å². The van der Waals surface area contributed by atoms with Crippen molar-refractivity contribution in [2.24, 2.45) is 0 Å². The number of pyridine rings is 1. The van der Waals surface area contributed by atoms with Crippen molar-refractivity contribution in [1.82, 2.24) is 9.66 Å². The van der Waals surface area contributed by atoms with E-state index in [9.17, 15) is 9.18 Å². The van der Waals surface area contributed by atoms with Crippen molar-refractivity contribution in [3.05, 3.63) is 65.9 Å². The molecular weight excluding hydrogens is 245 g/mol. The summed E-state index contributed by atoms with van der Waals surface area (Å²) in [6.45, 7) is 0. The molecule has 2 N–H and O–H groups in total. The van der Waals surface area contributed by atoms with Gasteiger partial charge in [-0.2, -0.15) is 0 Å². The molecule has 2 aromatic heterocycles. The molecule has 0 atom stereocenters. The van der Waals surface area contributed by atoms with Crippen LogP contribution in [0, 0.1) is 5.82 Å². The van der Waals surface area contributed by atoms with Gasteiger partial charge in [0.15, 0.2) is 0 Å². The van der Waals surface area contributed by atoms with Gasteiger partial charge in [-0.15, -0.1) is 0 Å². The van der Waals surface area contributed by atoms with Crippen LogP contribution in [0.1, 0.15) is 16.1 Å². The molecule has 0 aliphatic rings. The van der Waals surface area contributed by atoms with Gasteiger partial charge in [-0.25, -0.2) is 4.39 Å². The fraction of sp³-hybridized carbons (Fsp3) is 0. The summed E-state index contributed by atoms with van der Waals surface area (Å²) in [6, 6.07) is 9.55. The second-order valence-electron chi connectivity index (χ2n) is 4.17. The summed E-state index contributed by atoms with van der Waals surface area (Å²) < 4.78 is 14.7. The molecular formula is C14H10FN3O. The molecule has 0 spiro atoms. The maximum absolute atomic E-state index is 13.5. The Labute approximate surface area is 108 Å². The highest BCUT2D eigenvalue weighted by molar-refractivity contribution is 6.09. The first-order chi connectivity index (χ1) is 9.16. The Bertz CT molecular complexity index is 779. The number of aromatic nitrogens is 2. The number of carbonyl (C=O) groups excluding carboxylic acids is 1. The van der Waals surface area contributed by atoms with Crippen molar-refractivity contribution in [1.29, 1.82) is 0 Å². The summed E-state index contributed by atoms with van der Waals surface area (Å²) >= 11 is 0. The molecule has 94 valence electrons. The largest absolute Gasteiger partial charge is 0.339 e. The van der Waals surface area contributed by atoms with Gasteiger partial charge in [0.25, 0.3) is 0 Å². The van der Waals surface area contributed by atoms with E-state index in [1.807, 2.05) is 0 Å². The molecule has 0 radical (unpaired) electrons. The van der Waals surface area contributed by atoms with Crippen LogP contribution in [-0.2, 0) is 0 Å². The number of nitrogens with zero attached hydrogens (tertiary/aromatic N) is 2. The van der Waals surface area contributed by atoms with Crippen LogP contribution < -0.4 is 5.84 Å². The van der Waals surface area contributed by atoms with E-state index in [1.54, 1.807) is 36.5 Å². The number of carbonyl (C=O) groups is 1. The monoisotopic (exact) mass is 255 g/mol. The summed E-state index contributed by atoms with van der Waals surface area (Å²) in [7, 11) is 0. The zero-order valence-electron chi connectivity index (χ0n) is 9.88. The summed E-state index contributed by atoms with van der Waals surface area (Å²) in [5.74, 6) is 4.98. The van der Waals surface area contributed by atoms with Gasteiger partial charge >= 0.3 is 0 Å². The van der Waals surface area contributed by atoms with E-state index in [-0.39, 0.29) is 11.3 Å². The molecule has 1 aromatic carbocycles. The van der Waals surface area contributed by atoms with Crippen molar-refractivity contribution in [3.8, 4) is 0 Å². The zero-order chi connectivity index (χ0) is 13.4. The number of fused-ring (bicyclic) bond motifs is 1. The second-order valence-corrected chi connectivity index (χ2v) is 4.17. The molecule has 2 heterocycles. The number of benzene rings is 1. The Hall–Kier alpha value is -2.69. The van der Waals surface area contributed by atoms with Crippen molar-refractivity contribution >= 4 is 16.7 Å². The lowest BCUT2D eigenvalue weighted by atomic mass is 10.1. The first-order valence-electron chi connectivity index (χ1n) is 5.68. The lowest BCUT2D eigenvalue weighted by Crippen LogP contribution is -2.16. The van der Waals surface area contributed by atoms with E-state index < -0.39 is 5.82 Å². The van der Waals surface area contributed by atoms with Gasteiger partial charge in [-0.05, 0) is 24.3 Å². The predicted octanol–water partition coefficient (Wildman–Crippen LogP) is 2.12. The fourth-order valence-corrected chi connectivity index (χ4v) is 1.98. The predicted molar refractivity (Wildman–Crippen MR) is 69.7 cm³/mol. The quantitative estimate of drug-likeness (QED) is 0.563. The average molecular weight is 255 g/mol. The second kappa shape index (κ2) is 4.20. The van der Waals surface area contributed by atoms with E-state index >= 15 is 0 Å². The average Bonchev–Trinajstić information content (AvgIpc) is 2.84. The van der Waals surface area contributed by atoms with Gasteiger partial charge in [0.1, 0.15) is 17.0 Å². The molecule has 0 aliphatic heterocycles. The molecule has 3 aromatic rings. The molecule has 4 nitrogen and oxygen atoms in total. The molecule has 0 saturated heterocycles. The van der Waals surface area contributed by atoms with Crippen LogP contribution in [0.5, 0.6) is 0 Å². The van der Waals surface area contributed by atoms with Gasteiger partial charge in [-0.3, -0.25) is 14.5 Å². The molecule has 5 heteroatoms. The number of rotatable bonds is 2. The third-order valence-corrected chi connectivity index (χ3v) is 2.94. The Kier molecular flexibility index (Phi) is 2.52. The van der Waals surface area contributed by atoms with E-state index in [1.165, 1.54) is 16.9 Å². The lowest BCUT2D eigenvalue weighted by molar-refractivity contribution is 0.103. The maximum atomic E-state index is 13.5. The summed E-state index contributed by atoms with van der Waals surface area (Å²) in [5, 5.41) is 0.584.